The summed E-state index contributed by atoms with van der Waals surface area (Å²) in [6, 6.07) is 10.6. The van der Waals surface area contributed by atoms with E-state index in [9.17, 15) is 9.59 Å². The molecule has 1 fully saturated rings. The van der Waals surface area contributed by atoms with Gasteiger partial charge < -0.3 is 16.8 Å². The monoisotopic (exact) mass is 401 g/mol. The number of halogens is 1. The summed E-state index contributed by atoms with van der Waals surface area (Å²) in [7, 11) is 0. The van der Waals surface area contributed by atoms with Crippen molar-refractivity contribution in [1.82, 2.24) is 15.2 Å². The average Bonchev–Trinajstić information content (AvgIpc) is 3.14. The zero-order valence-electron chi connectivity index (χ0n) is 15.6. The first-order valence-corrected chi connectivity index (χ1v) is 9.52. The van der Waals surface area contributed by atoms with Gasteiger partial charge in [0.1, 0.15) is 5.82 Å². The zero-order chi connectivity index (χ0) is 20.3. The van der Waals surface area contributed by atoms with Crippen LogP contribution < -0.4 is 16.8 Å². The third-order valence-electron chi connectivity index (χ3n) is 5.24. The number of carbonyl (C=O) groups is 2. The minimum Gasteiger partial charge on any atom is -0.383 e. The molecule has 2 heterocycles. The summed E-state index contributed by atoms with van der Waals surface area (Å²) in [6.07, 6.45) is 2.05. The molecule has 3 rings (SSSR count). The second kappa shape index (κ2) is 8.58. The minimum absolute atomic E-state index is 0.154. The molecule has 148 valence electrons. The molecule has 3 atom stereocenters. The summed E-state index contributed by atoms with van der Waals surface area (Å²) < 4.78 is 0. The van der Waals surface area contributed by atoms with E-state index in [0.717, 1.165) is 5.56 Å². The van der Waals surface area contributed by atoms with Gasteiger partial charge in [-0.15, -0.1) is 0 Å². The quantitative estimate of drug-likeness (QED) is 0.681. The third-order valence-corrected chi connectivity index (χ3v) is 5.44. The van der Waals surface area contributed by atoms with Crippen LogP contribution in [-0.4, -0.2) is 40.3 Å². The number of carbonyl (C=O) groups excluding carboxylic acids is 2. The van der Waals surface area contributed by atoms with E-state index in [1.54, 1.807) is 13.0 Å². The van der Waals surface area contributed by atoms with Crippen LogP contribution in [0.25, 0.3) is 0 Å². The van der Waals surface area contributed by atoms with E-state index < -0.39 is 18.0 Å². The SMILES string of the molecule is C[C@@H](C(=O)NCc1cc(Cl)cnc1N)N1CC(c2ccccc2)CC1C(N)=O. The maximum atomic E-state index is 12.7. The van der Waals surface area contributed by atoms with Gasteiger partial charge in [-0.3, -0.25) is 14.5 Å². The molecule has 2 aromatic rings. The predicted octanol–water partition coefficient (Wildman–Crippen LogP) is 1.67. The number of nitrogen functional groups attached to an aromatic ring is 1. The van der Waals surface area contributed by atoms with Crippen LogP contribution in [0.15, 0.2) is 42.6 Å². The number of likely N-dealkylation sites (tertiary alicyclic amines) is 1. The predicted molar refractivity (Wildman–Crippen MR) is 108 cm³/mol. The highest BCUT2D eigenvalue weighted by Crippen LogP contribution is 2.33. The van der Waals surface area contributed by atoms with E-state index in [1.165, 1.54) is 6.20 Å². The molecule has 0 aliphatic carbocycles. The van der Waals surface area contributed by atoms with Crippen molar-refractivity contribution in [1.29, 1.82) is 0 Å². The molecular formula is C20H24ClN5O2. The zero-order valence-corrected chi connectivity index (χ0v) is 16.4. The number of hydrogen-bond acceptors (Lipinski definition) is 5. The molecule has 2 amide bonds. The van der Waals surface area contributed by atoms with Crippen molar-refractivity contribution in [2.24, 2.45) is 5.73 Å². The normalized spacial score (nSPS) is 20.6. The lowest BCUT2D eigenvalue weighted by molar-refractivity contribution is -0.129. The van der Waals surface area contributed by atoms with Crippen LogP contribution in [-0.2, 0) is 16.1 Å². The molecule has 28 heavy (non-hydrogen) atoms. The standard InChI is InChI=1S/C20H24ClN5O2/c1-12(20(28)25-9-14-7-16(21)10-24-18(14)22)26-11-15(8-17(26)19(23)27)13-5-3-2-4-6-13/h2-7,10,12,15,17H,8-9,11H2,1H3,(H2,22,24)(H2,23,27)(H,25,28)/t12-,15?,17?/m0/s1. The minimum atomic E-state index is -0.514. The number of primary amides is 1. The van der Waals surface area contributed by atoms with Gasteiger partial charge in [0.2, 0.25) is 11.8 Å². The fraction of sp³-hybridized carbons (Fsp3) is 0.350. The van der Waals surface area contributed by atoms with Crippen molar-refractivity contribution in [3.05, 3.63) is 58.7 Å². The summed E-state index contributed by atoms with van der Waals surface area (Å²) in [5.41, 5.74) is 13.2. The van der Waals surface area contributed by atoms with Crippen molar-refractivity contribution in [3.63, 3.8) is 0 Å². The van der Waals surface area contributed by atoms with E-state index in [-0.39, 0.29) is 18.4 Å². The highest BCUT2D eigenvalue weighted by molar-refractivity contribution is 6.30. The molecule has 1 aliphatic heterocycles. The lowest BCUT2D eigenvalue weighted by atomic mass is 9.96. The van der Waals surface area contributed by atoms with Gasteiger partial charge in [0.15, 0.2) is 0 Å². The van der Waals surface area contributed by atoms with Crippen LogP contribution in [0, 0.1) is 0 Å². The van der Waals surface area contributed by atoms with Crippen LogP contribution >= 0.6 is 11.6 Å². The summed E-state index contributed by atoms with van der Waals surface area (Å²) in [4.78, 5) is 30.5. The fourth-order valence-corrected chi connectivity index (χ4v) is 3.83. The molecule has 1 saturated heterocycles. The van der Waals surface area contributed by atoms with Crippen molar-refractivity contribution in [2.45, 2.75) is 37.9 Å². The van der Waals surface area contributed by atoms with Crippen LogP contribution in [0.3, 0.4) is 0 Å². The third kappa shape index (κ3) is 4.43. The lowest BCUT2D eigenvalue weighted by Gasteiger charge is -2.28. The Morgan fingerprint density at radius 2 is 2.07 bits per heavy atom. The first kappa shape index (κ1) is 20.1. The van der Waals surface area contributed by atoms with Gasteiger partial charge >= 0.3 is 0 Å². The lowest BCUT2D eigenvalue weighted by Crippen LogP contribution is -2.51. The highest BCUT2D eigenvalue weighted by atomic mass is 35.5. The highest BCUT2D eigenvalue weighted by Gasteiger charge is 2.40. The molecule has 1 aromatic heterocycles. The number of pyridine rings is 1. The van der Waals surface area contributed by atoms with Crippen molar-refractivity contribution in [2.75, 3.05) is 12.3 Å². The van der Waals surface area contributed by atoms with Crippen molar-refractivity contribution in [3.8, 4) is 0 Å². The van der Waals surface area contributed by atoms with E-state index in [2.05, 4.69) is 10.3 Å². The number of aromatic nitrogens is 1. The molecule has 0 spiro atoms. The van der Waals surface area contributed by atoms with E-state index >= 15 is 0 Å². The molecule has 0 bridgehead atoms. The molecule has 7 nitrogen and oxygen atoms in total. The molecule has 8 heteroatoms. The Morgan fingerprint density at radius 3 is 2.75 bits per heavy atom. The van der Waals surface area contributed by atoms with E-state index in [0.29, 0.717) is 29.4 Å². The van der Waals surface area contributed by atoms with Crippen LogP contribution in [0.2, 0.25) is 5.02 Å². The Hall–Kier alpha value is -2.64. The van der Waals surface area contributed by atoms with Gasteiger partial charge in [-0.05, 0) is 30.9 Å². The molecule has 5 N–H and O–H groups in total. The molecular weight excluding hydrogens is 378 g/mol. The number of nitrogens with zero attached hydrogens (tertiary/aromatic N) is 2. The van der Waals surface area contributed by atoms with Crippen LogP contribution in [0.5, 0.6) is 0 Å². The summed E-state index contributed by atoms with van der Waals surface area (Å²) in [6.45, 7) is 2.57. The van der Waals surface area contributed by atoms with Gasteiger partial charge in [-0.1, -0.05) is 41.9 Å². The first-order chi connectivity index (χ1) is 13.4. The average molecular weight is 402 g/mol. The Balaban J connectivity index is 1.68. The van der Waals surface area contributed by atoms with Gasteiger partial charge in [-0.25, -0.2) is 4.98 Å². The second-order valence-corrected chi connectivity index (χ2v) is 7.49. The first-order valence-electron chi connectivity index (χ1n) is 9.14. The van der Waals surface area contributed by atoms with Crippen LogP contribution in [0.4, 0.5) is 5.82 Å². The number of amides is 2. The van der Waals surface area contributed by atoms with Crippen molar-refractivity contribution < 1.29 is 9.59 Å². The second-order valence-electron chi connectivity index (χ2n) is 7.05. The topological polar surface area (TPSA) is 114 Å². The van der Waals surface area contributed by atoms with E-state index in [4.69, 9.17) is 23.1 Å². The summed E-state index contributed by atoms with van der Waals surface area (Å²) in [5, 5.41) is 3.30. The number of anilines is 1. The van der Waals surface area contributed by atoms with Gasteiger partial charge in [0.05, 0.1) is 17.1 Å². The number of rotatable bonds is 6. The molecule has 2 unspecified atom stereocenters. The summed E-state index contributed by atoms with van der Waals surface area (Å²) in [5.74, 6) is -0.153. The number of hydrogen-bond donors (Lipinski definition) is 3. The van der Waals surface area contributed by atoms with Gasteiger partial charge in [0.25, 0.3) is 0 Å². The Bertz CT molecular complexity index is 861. The van der Waals surface area contributed by atoms with Gasteiger partial charge in [0, 0.05) is 24.8 Å². The van der Waals surface area contributed by atoms with E-state index in [1.807, 2.05) is 35.2 Å². The Labute approximate surface area is 169 Å². The maximum absolute atomic E-state index is 12.7. The van der Waals surface area contributed by atoms with Crippen molar-refractivity contribution >= 4 is 29.2 Å². The van der Waals surface area contributed by atoms with Gasteiger partial charge in [-0.2, -0.15) is 0 Å². The number of nitrogens with one attached hydrogen (secondary N) is 1. The fourth-order valence-electron chi connectivity index (χ4n) is 3.65. The summed E-state index contributed by atoms with van der Waals surface area (Å²) >= 11 is 5.94. The smallest absolute Gasteiger partial charge is 0.237 e. The largest absolute Gasteiger partial charge is 0.383 e. The number of benzene rings is 1. The Kier molecular flexibility index (Phi) is 6.16. The van der Waals surface area contributed by atoms with Crippen LogP contribution in [0.1, 0.15) is 30.4 Å². The molecule has 0 saturated carbocycles. The molecule has 1 aromatic carbocycles. The Morgan fingerprint density at radius 1 is 1.36 bits per heavy atom. The molecule has 1 aliphatic rings. The number of nitrogens with two attached hydrogens (primary N) is 2. The molecule has 0 radical (unpaired) electrons. The maximum Gasteiger partial charge on any atom is 0.237 e.